The van der Waals surface area contributed by atoms with Gasteiger partial charge in [-0.2, -0.15) is 0 Å². The second kappa shape index (κ2) is 16.4. The molecule has 3 aliphatic heterocycles. The third kappa shape index (κ3) is 7.17. The highest BCUT2D eigenvalue weighted by molar-refractivity contribution is 6.91. The minimum absolute atomic E-state index is 0.00244. The smallest absolute Gasteiger partial charge is 0.264 e. The van der Waals surface area contributed by atoms with Crippen LogP contribution in [0.5, 0.6) is 5.75 Å². The fourth-order valence-corrected chi connectivity index (χ4v) is 14.5. The van der Waals surface area contributed by atoms with Crippen LogP contribution in [0.2, 0.25) is 23.7 Å². The predicted octanol–water partition coefficient (Wildman–Crippen LogP) is 8.53. The zero-order valence-electron chi connectivity index (χ0n) is 34.9. The number of hydrogen-bond donors (Lipinski definition) is 1. The molecule has 10 nitrogen and oxygen atoms in total. The lowest BCUT2D eigenvalue weighted by Crippen LogP contribution is -2.51. The number of halogens is 1. The van der Waals surface area contributed by atoms with Crippen LogP contribution in [0.25, 0.3) is 0 Å². The maximum absolute atomic E-state index is 15.5. The first-order valence-corrected chi connectivity index (χ1v) is 24.5. The van der Waals surface area contributed by atoms with E-state index in [1.54, 1.807) is 12.0 Å². The quantitative estimate of drug-likeness (QED) is 0.123. The first kappa shape index (κ1) is 40.8. The number of carbonyl (C=O) groups is 2. The third-order valence-corrected chi connectivity index (χ3v) is 17.9. The van der Waals surface area contributed by atoms with E-state index in [1.165, 1.54) is 5.19 Å². The van der Waals surface area contributed by atoms with E-state index in [1.807, 2.05) is 119 Å². The number of benzene rings is 5. The Morgan fingerprint density at radius 1 is 0.918 bits per heavy atom. The van der Waals surface area contributed by atoms with Crippen molar-refractivity contribution in [2.24, 2.45) is 5.92 Å². The molecule has 0 bridgehead atoms. The lowest BCUT2D eigenvalue weighted by molar-refractivity contribution is -0.146. The largest absolute Gasteiger partial charge is 0.497 e. The van der Waals surface area contributed by atoms with E-state index < -0.39 is 13.7 Å². The Morgan fingerprint density at radius 2 is 1.69 bits per heavy atom. The Balaban J connectivity index is 1.06. The number of fused-ring (bicyclic) bond motifs is 3. The SMILES string of the molecule is COc1ccc([Si](C)(C)[C@H]2[C@H](CCn3cc(C(CO)c4ccccc4)nn3)O[C@@]3(C(=O)N(Cc4cccc(N5C(=O)CCc6ccccc65)c4)c4ccc(Cl)cc43)[C@@H]2C)cc1. The highest BCUT2D eigenvalue weighted by Gasteiger charge is 2.66. The van der Waals surface area contributed by atoms with Gasteiger partial charge >= 0.3 is 0 Å². The number of methoxy groups -OCH3 is 1. The van der Waals surface area contributed by atoms with Crippen LogP contribution in [0.4, 0.5) is 17.1 Å². The Kier molecular flexibility index (Phi) is 10.9. The normalized spacial score (nSPS) is 21.5. The van der Waals surface area contributed by atoms with Crippen molar-refractivity contribution < 1.29 is 24.2 Å². The molecule has 6 aromatic rings. The summed E-state index contributed by atoms with van der Waals surface area (Å²) in [5, 5.41) is 21.1. The summed E-state index contributed by atoms with van der Waals surface area (Å²) < 4.78 is 14.8. The van der Waals surface area contributed by atoms with E-state index in [0.29, 0.717) is 36.5 Å². The van der Waals surface area contributed by atoms with Gasteiger partial charge < -0.3 is 19.5 Å². The number of hydrogen-bond acceptors (Lipinski definition) is 7. The number of ether oxygens (including phenoxy) is 2. The molecule has 4 heterocycles. The van der Waals surface area contributed by atoms with E-state index in [2.05, 4.69) is 48.5 Å². The second-order valence-corrected chi connectivity index (χ2v) is 22.2. The Hall–Kier alpha value is -5.59. The van der Waals surface area contributed by atoms with Gasteiger partial charge in [-0.15, -0.1) is 5.10 Å². The van der Waals surface area contributed by atoms with Crippen molar-refractivity contribution in [3.8, 4) is 5.75 Å². The summed E-state index contributed by atoms with van der Waals surface area (Å²) >= 11 is 6.80. The van der Waals surface area contributed by atoms with Crippen LogP contribution in [0.1, 0.15) is 53.6 Å². The van der Waals surface area contributed by atoms with Gasteiger partial charge in [0.2, 0.25) is 5.91 Å². The van der Waals surface area contributed by atoms with Crippen LogP contribution in [-0.4, -0.2) is 59.8 Å². The maximum Gasteiger partial charge on any atom is 0.264 e. The molecule has 1 unspecified atom stereocenters. The molecule has 0 saturated carbocycles. The molecule has 1 spiro atoms. The number of anilines is 3. The molecule has 12 heteroatoms. The average Bonchev–Trinajstić information content (AvgIpc) is 3.93. The molecular formula is C49H50ClN5O5Si. The summed E-state index contributed by atoms with van der Waals surface area (Å²) in [5.41, 5.74) is 5.61. The number of aliphatic hydroxyl groups is 1. The van der Waals surface area contributed by atoms with Gasteiger partial charge in [-0.25, -0.2) is 0 Å². The summed E-state index contributed by atoms with van der Waals surface area (Å²) in [6.45, 7) is 7.61. The number of amides is 2. The molecule has 312 valence electrons. The standard InChI is InChI=1S/C49H50ClN5O5Si/c1-32-47(61(3,4)39-21-19-38(59-2)20-22-39)45(25-26-53-30-42(51-52-53)40(31-56)34-12-6-5-7-13-34)60-49(32)41-28-36(50)18-23-44(41)54(48(49)58)29-33-11-10-15-37(27-33)55-43-16-9-8-14-35(43)17-24-46(55)57/h5-16,18-23,27-28,30,32,40,45,47,56H,17,24-26,29,31H2,1-4H3/t32-,40?,45+,47-,49+/m1/s1. The zero-order chi connectivity index (χ0) is 42.5. The minimum Gasteiger partial charge on any atom is -0.497 e. The first-order valence-electron chi connectivity index (χ1n) is 21.0. The van der Waals surface area contributed by atoms with Crippen molar-refractivity contribution in [2.75, 3.05) is 23.5 Å². The van der Waals surface area contributed by atoms with Crippen molar-refractivity contribution in [2.45, 2.75) is 75.5 Å². The Labute approximate surface area is 362 Å². The minimum atomic E-state index is -2.43. The predicted molar refractivity (Wildman–Crippen MR) is 241 cm³/mol. The van der Waals surface area contributed by atoms with E-state index in [9.17, 15) is 9.90 Å². The van der Waals surface area contributed by atoms with Crippen molar-refractivity contribution in [3.63, 3.8) is 0 Å². The molecule has 61 heavy (non-hydrogen) atoms. The molecule has 1 aromatic heterocycles. The number of aliphatic hydroxyl groups excluding tert-OH is 1. The summed E-state index contributed by atoms with van der Waals surface area (Å²) in [4.78, 5) is 32.6. The molecule has 9 rings (SSSR count). The Bertz CT molecular complexity index is 2580. The van der Waals surface area contributed by atoms with Crippen molar-refractivity contribution in [1.29, 1.82) is 0 Å². The topological polar surface area (TPSA) is 110 Å². The highest BCUT2D eigenvalue weighted by atomic mass is 35.5. The fraction of sp³-hybridized carbons (Fsp3) is 0.306. The molecule has 1 fully saturated rings. The molecular weight excluding hydrogens is 802 g/mol. The fourth-order valence-electron chi connectivity index (χ4n) is 10.3. The van der Waals surface area contributed by atoms with Crippen molar-refractivity contribution in [1.82, 2.24) is 15.0 Å². The zero-order valence-corrected chi connectivity index (χ0v) is 36.6. The third-order valence-electron chi connectivity index (χ3n) is 13.3. The molecule has 1 saturated heterocycles. The molecule has 0 radical (unpaired) electrons. The molecule has 3 aliphatic rings. The number of aromatic nitrogens is 3. The molecule has 2 amide bonds. The monoisotopic (exact) mass is 851 g/mol. The summed E-state index contributed by atoms with van der Waals surface area (Å²) in [6.07, 6.45) is 3.32. The van der Waals surface area contributed by atoms with E-state index in [0.717, 1.165) is 45.1 Å². The van der Waals surface area contributed by atoms with Crippen LogP contribution in [0.3, 0.4) is 0 Å². The van der Waals surface area contributed by atoms with E-state index in [-0.39, 0.29) is 48.4 Å². The van der Waals surface area contributed by atoms with Crippen LogP contribution in [-0.2, 0) is 39.4 Å². The Morgan fingerprint density at radius 3 is 2.46 bits per heavy atom. The van der Waals surface area contributed by atoms with Gasteiger partial charge in [0.1, 0.15) is 5.75 Å². The number of rotatable bonds is 12. The number of carbonyl (C=O) groups excluding carboxylic acids is 2. The summed E-state index contributed by atoms with van der Waals surface area (Å²) in [7, 11) is -0.754. The van der Waals surface area contributed by atoms with Gasteiger partial charge in [0.15, 0.2) is 5.60 Å². The number of nitrogens with zero attached hydrogens (tertiary/aromatic N) is 5. The number of para-hydroxylation sites is 1. The van der Waals surface area contributed by atoms with Crippen LogP contribution < -0.4 is 19.7 Å². The summed E-state index contributed by atoms with van der Waals surface area (Å²) in [6, 6.07) is 39.8. The lowest BCUT2D eigenvalue weighted by atomic mass is 9.82. The first-order chi connectivity index (χ1) is 29.5. The average molecular weight is 853 g/mol. The van der Waals surface area contributed by atoms with Gasteiger partial charge in [0, 0.05) is 41.4 Å². The maximum atomic E-state index is 15.5. The van der Waals surface area contributed by atoms with E-state index >= 15 is 4.79 Å². The van der Waals surface area contributed by atoms with Crippen LogP contribution in [0.15, 0.2) is 128 Å². The molecule has 5 atom stereocenters. The summed E-state index contributed by atoms with van der Waals surface area (Å²) in [5.74, 6) is 0.195. The van der Waals surface area contributed by atoms with Gasteiger partial charge in [-0.05, 0) is 83.6 Å². The van der Waals surface area contributed by atoms with Gasteiger partial charge in [0.05, 0.1) is 57.4 Å². The lowest BCUT2D eigenvalue weighted by Gasteiger charge is -2.37. The van der Waals surface area contributed by atoms with Gasteiger partial charge in [-0.3, -0.25) is 19.2 Å². The van der Waals surface area contributed by atoms with E-state index in [4.69, 9.17) is 21.1 Å². The second-order valence-electron chi connectivity index (χ2n) is 17.1. The van der Waals surface area contributed by atoms with Crippen LogP contribution >= 0.6 is 11.6 Å². The molecule has 5 aromatic carbocycles. The number of aryl methyl sites for hydroxylation is 2. The highest BCUT2D eigenvalue weighted by Crippen LogP contribution is 2.60. The van der Waals surface area contributed by atoms with Gasteiger partial charge in [-0.1, -0.05) is 115 Å². The molecule has 0 aliphatic carbocycles. The van der Waals surface area contributed by atoms with Crippen molar-refractivity contribution >= 4 is 53.7 Å². The van der Waals surface area contributed by atoms with Crippen LogP contribution in [0, 0.1) is 5.92 Å². The van der Waals surface area contributed by atoms with Gasteiger partial charge in [0.25, 0.3) is 5.91 Å². The molecule has 1 N–H and O–H groups in total. The van der Waals surface area contributed by atoms with Crippen molar-refractivity contribution in [3.05, 3.63) is 160 Å².